The standard InChI is InChI=1S/C26H17NS/c1-3-7-24-22(5-1)23-6-2-4-8-25(23)27(24)21-13-11-18(12-14-21)20-10-9-19-15-16-28-26(19)17-20/h1-17H. The van der Waals surface area contributed by atoms with Gasteiger partial charge in [-0.15, -0.1) is 11.3 Å². The van der Waals surface area contributed by atoms with E-state index in [1.807, 2.05) is 0 Å². The third-order valence-corrected chi connectivity index (χ3v) is 6.37. The van der Waals surface area contributed by atoms with Crippen molar-refractivity contribution >= 4 is 43.2 Å². The third-order valence-electron chi connectivity index (χ3n) is 5.50. The van der Waals surface area contributed by atoms with Crippen molar-refractivity contribution in [2.45, 2.75) is 0 Å². The molecule has 132 valence electrons. The molecule has 0 aliphatic carbocycles. The number of benzene rings is 4. The van der Waals surface area contributed by atoms with Crippen molar-refractivity contribution in [2.75, 3.05) is 0 Å². The van der Waals surface area contributed by atoms with Crippen molar-refractivity contribution < 1.29 is 0 Å². The molecule has 1 nitrogen and oxygen atoms in total. The Balaban J connectivity index is 1.52. The van der Waals surface area contributed by atoms with E-state index in [0.717, 1.165) is 0 Å². The fourth-order valence-corrected chi connectivity index (χ4v) is 4.97. The largest absolute Gasteiger partial charge is 0.309 e. The minimum atomic E-state index is 1.19. The Morgan fingerprint density at radius 3 is 1.93 bits per heavy atom. The maximum atomic E-state index is 2.36. The molecule has 0 amide bonds. The predicted octanol–water partition coefficient (Wildman–Crippen LogP) is 7.67. The number of hydrogen-bond donors (Lipinski definition) is 0. The first-order chi connectivity index (χ1) is 13.9. The van der Waals surface area contributed by atoms with Crippen LogP contribution in [0.3, 0.4) is 0 Å². The lowest BCUT2D eigenvalue weighted by Gasteiger charge is -2.09. The zero-order valence-corrected chi connectivity index (χ0v) is 16.0. The maximum Gasteiger partial charge on any atom is 0.0541 e. The van der Waals surface area contributed by atoms with Crippen molar-refractivity contribution in [1.82, 2.24) is 4.57 Å². The van der Waals surface area contributed by atoms with E-state index in [1.165, 1.54) is 48.7 Å². The molecule has 28 heavy (non-hydrogen) atoms. The van der Waals surface area contributed by atoms with E-state index in [4.69, 9.17) is 0 Å². The van der Waals surface area contributed by atoms with Crippen LogP contribution in [0, 0.1) is 0 Å². The molecule has 0 fully saturated rings. The van der Waals surface area contributed by atoms with Crippen LogP contribution in [-0.4, -0.2) is 4.57 Å². The van der Waals surface area contributed by atoms with Crippen LogP contribution in [0.15, 0.2) is 102 Å². The predicted molar refractivity (Wildman–Crippen MR) is 122 cm³/mol. The van der Waals surface area contributed by atoms with E-state index < -0.39 is 0 Å². The Labute approximate surface area is 167 Å². The summed E-state index contributed by atoms with van der Waals surface area (Å²) in [6.45, 7) is 0. The summed E-state index contributed by atoms with van der Waals surface area (Å²) in [5, 5.41) is 6.06. The van der Waals surface area contributed by atoms with Crippen LogP contribution in [0.4, 0.5) is 0 Å². The number of para-hydroxylation sites is 2. The van der Waals surface area contributed by atoms with E-state index in [-0.39, 0.29) is 0 Å². The molecular weight excluding hydrogens is 358 g/mol. The topological polar surface area (TPSA) is 4.93 Å². The monoisotopic (exact) mass is 375 g/mol. The number of rotatable bonds is 2. The fourth-order valence-electron chi connectivity index (χ4n) is 4.14. The molecule has 0 saturated heterocycles. The van der Waals surface area contributed by atoms with Crippen LogP contribution < -0.4 is 0 Å². The Morgan fingerprint density at radius 1 is 0.571 bits per heavy atom. The van der Waals surface area contributed by atoms with E-state index >= 15 is 0 Å². The fraction of sp³-hybridized carbons (Fsp3) is 0. The van der Waals surface area contributed by atoms with Gasteiger partial charge in [0.1, 0.15) is 0 Å². The summed E-state index contributed by atoms with van der Waals surface area (Å²) in [7, 11) is 0. The zero-order chi connectivity index (χ0) is 18.5. The number of thiophene rings is 1. The molecule has 0 aliphatic rings. The molecule has 4 aromatic carbocycles. The van der Waals surface area contributed by atoms with Gasteiger partial charge < -0.3 is 4.57 Å². The van der Waals surface area contributed by atoms with Gasteiger partial charge in [0, 0.05) is 21.2 Å². The molecule has 6 rings (SSSR count). The minimum Gasteiger partial charge on any atom is -0.309 e. The third kappa shape index (κ3) is 2.32. The summed E-state index contributed by atoms with van der Waals surface area (Å²) in [6.07, 6.45) is 0. The highest BCUT2D eigenvalue weighted by molar-refractivity contribution is 7.17. The number of fused-ring (bicyclic) bond motifs is 4. The molecule has 2 heteroatoms. The number of nitrogens with zero attached hydrogens (tertiary/aromatic N) is 1. The highest BCUT2D eigenvalue weighted by atomic mass is 32.1. The summed E-state index contributed by atoms with van der Waals surface area (Å²) < 4.78 is 3.70. The molecule has 0 atom stereocenters. The summed E-state index contributed by atoms with van der Waals surface area (Å²) in [4.78, 5) is 0. The van der Waals surface area contributed by atoms with Crippen molar-refractivity contribution in [2.24, 2.45) is 0 Å². The van der Waals surface area contributed by atoms with Crippen molar-refractivity contribution in [3.8, 4) is 16.8 Å². The second kappa shape index (κ2) is 6.08. The summed E-state index contributed by atoms with van der Waals surface area (Å²) in [5.41, 5.74) is 6.20. The Kier molecular flexibility index (Phi) is 3.40. The minimum absolute atomic E-state index is 1.19. The normalized spacial score (nSPS) is 11.6. The highest BCUT2D eigenvalue weighted by Gasteiger charge is 2.11. The molecule has 0 spiro atoms. The second-order valence-electron chi connectivity index (χ2n) is 7.09. The molecule has 0 N–H and O–H groups in total. The number of hydrogen-bond acceptors (Lipinski definition) is 1. The van der Waals surface area contributed by atoms with Crippen molar-refractivity contribution in [3.63, 3.8) is 0 Å². The smallest absolute Gasteiger partial charge is 0.0541 e. The Hall–Kier alpha value is -3.36. The lowest BCUT2D eigenvalue weighted by atomic mass is 10.0. The van der Waals surface area contributed by atoms with Crippen LogP contribution in [0.1, 0.15) is 0 Å². The summed E-state index contributed by atoms with van der Waals surface area (Å²) >= 11 is 1.80. The van der Waals surface area contributed by atoms with E-state index in [2.05, 4.69) is 107 Å². The molecule has 0 radical (unpaired) electrons. The van der Waals surface area contributed by atoms with Gasteiger partial charge in [0.05, 0.1) is 11.0 Å². The second-order valence-corrected chi connectivity index (χ2v) is 8.04. The molecule has 0 aliphatic heterocycles. The lowest BCUT2D eigenvalue weighted by molar-refractivity contribution is 1.18. The molecule has 6 aromatic rings. The first kappa shape index (κ1) is 15.7. The highest BCUT2D eigenvalue weighted by Crippen LogP contribution is 2.33. The molecule has 2 heterocycles. The van der Waals surface area contributed by atoms with Gasteiger partial charge in [0.15, 0.2) is 0 Å². The zero-order valence-electron chi connectivity index (χ0n) is 15.2. The SMILES string of the molecule is c1ccc2c(c1)c1ccccc1n2-c1ccc(-c2ccc3ccsc3c2)cc1. The van der Waals surface area contributed by atoms with E-state index in [0.29, 0.717) is 0 Å². The maximum absolute atomic E-state index is 2.36. The van der Waals surface area contributed by atoms with Gasteiger partial charge >= 0.3 is 0 Å². The van der Waals surface area contributed by atoms with Crippen LogP contribution in [0.5, 0.6) is 0 Å². The van der Waals surface area contributed by atoms with Crippen LogP contribution in [-0.2, 0) is 0 Å². The van der Waals surface area contributed by atoms with Crippen molar-refractivity contribution in [1.29, 1.82) is 0 Å². The summed E-state index contributed by atoms with van der Waals surface area (Å²) in [6, 6.07) is 35.1. The quantitative estimate of drug-likeness (QED) is 0.293. The van der Waals surface area contributed by atoms with Crippen LogP contribution >= 0.6 is 11.3 Å². The first-order valence-electron chi connectivity index (χ1n) is 9.45. The van der Waals surface area contributed by atoms with Gasteiger partial charge in [0.25, 0.3) is 0 Å². The Morgan fingerprint density at radius 2 is 1.21 bits per heavy atom. The molecule has 0 bridgehead atoms. The van der Waals surface area contributed by atoms with Gasteiger partial charge in [-0.1, -0.05) is 60.7 Å². The van der Waals surface area contributed by atoms with Crippen LogP contribution in [0.2, 0.25) is 0 Å². The Bertz CT molecular complexity index is 1400. The van der Waals surface area contributed by atoms with E-state index in [9.17, 15) is 0 Å². The van der Waals surface area contributed by atoms with Gasteiger partial charge in [-0.05, 0) is 58.3 Å². The van der Waals surface area contributed by atoms with Gasteiger partial charge in [-0.25, -0.2) is 0 Å². The molecule has 0 unspecified atom stereocenters. The molecule has 0 saturated carbocycles. The lowest BCUT2D eigenvalue weighted by Crippen LogP contribution is -1.93. The van der Waals surface area contributed by atoms with Gasteiger partial charge in [-0.2, -0.15) is 0 Å². The summed E-state index contributed by atoms with van der Waals surface area (Å²) in [5.74, 6) is 0. The van der Waals surface area contributed by atoms with Gasteiger partial charge in [-0.3, -0.25) is 0 Å². The molecular formula is C26H17NS. The number of aromatic nitrogens is 1. The van der Waals surface area contributed by atoms with Crippen LogP contribution in [0.25, 0.3) is 48.7 Å². The van der Waals surface area contributed by atoms with Crippen molar-refractivity contribution in [3.05, 3.63) is 102 Å². The average Bonchev–Trinajstić information content (AvgIpc) is 3.36. The van der Waals surface area contributed by atoms with E-state index in [1.54, 1.807) is 11.3 Å². The average molecular weight is 375 g/mol. The first-order valence-corrected chi connectivity index (χ1v) is 10.3. The van der Waals surface area contributed by atoms with Gasteiger partial charge in [0.2, 0.25) is 0 Å². The molecule has 2 aromatic heterocycles.